The molecule has 1 fully saturated rings. The Kier molecular flexibility index (Phi) is 5.31. The fourth-order valence-electron chi connectivity index (χ4n) is 1.87. The Hall–Kier alpha value is -0.240. The van der Waals surface area contributed by atoms with E-state index in [2.05, 4.69) is 0 Å². The Balaban J connectivity index is 2.23. The van der Waals surface area contributed by atoms with E-state index >= 15 is 0 Å². The first-order valence-corrected chi connectivity index (χ1v) is 6.04. The molecule has 3 heteroatoms. The molecule has 1 aliphatic carbocycles. The van der Waals surface area contributed by atoms with Crippen molar-refractivity contribution >= 4 is 17.6 Å². The Morgan fingerprint density at radius 3 is 2.50 bits per heavy atom. The van der Waals surface area contributed by atoms with Gasteiger partial charge in [-0.25, -0.2) is 0 Å². The van der Waals surface area contributed by atoms with E-state index in [0.29, 0.717) is 12.5 Å². The first-order valence-electron chi connectivity index (χ1n) is 5.50. The smallest absolute Gasteiger partial charge is 0.308 e. The van der Waals surface area contributed by atoms with E-state index < -0.39 is 0 Å². The van der Waals surface area contributed by atoms with E-state index in [1.54, 1.807) is 0 Å². The first kappa shape index (κ1) is 11.8. The third kappa shape index (κ3) is 3.49. The molecule has 0 N–H and O–H groups in total. The lowest BCUT2D eigenvalue weighted by Gasteiger charge is -2.25. The van der Waals surface area contributed by atoms with Gasteiger partial charge in [0.2, 0.25) is 0 Å². The van der Waals surface area contributed by atoms with E-state index in [-0.39, 0.29) is 11.9 Å². The molecule has 1 aliphatic rings. The Labute approximate surface area is 91.0 Å². The zero-order valence-electron chi connectivity index (χ0n) is 8.80. The average molecular weight is 219 g/mol. The van der Waals surface area contributed by atoms with Crippen molar-refractivity contribution in [2.45, 2.75) is 39.0 Å². The van der Waals surface area contributed by atoms with Crippen molar-refractivity contribution in [3.8, 4) is 0 Å². The van der Waals surface area contributed by atoms with E-state index in [1.165, 1.54) is 0 Å². The van der Waals surface area contributed by atoms with Crippen LogP contribution in [0, 0.1) is 11.8 Å². The summed E-state index contributed by atoms with van der Waals surface area (Å²) in [6.07, 6.45) is 4.98. The molecule has 1 rings (SSSR count). The normalized spacial score (nSPS) is 27.3. The lowest BCUT2D eigenvalue weighted by Crippen LogP contribution is -2.24. The van der Waals surface area contributed by atoms with Crippen molar-refractivity contribution in [2.75, 3.05) is 12.5 Å². The summed E-state index contributed by atoms with van der Waals surface area (Å²) in [4.78, 5) is 11.5. The molecule has 2 nitrogen and oxygen atoms in total. The number of hydrogen-bond donors (Lipinski definition) is 0. The van der Waals surface area contributed by atoms with Crippen LogP contribution in [0.25, 0.3) is 0 Å². The summed E-state index contributed by atoms with van der Waals surface area (Å²) < 4.78 is 5.13. The van der Waals surface area contributed by atoms with Gasteiger partial charge in [0, 0.05) is 5.88 Å². The van der Waals surface area contributed by atoms with Crippen LogP contribution in [0.2, 0.25) is 0 Å². The van der Waals surface area contributed by atoms with Crippen molar-refractivity contribution in [2.24, 2.45) is 11.8 Å². The molecule has 14 heavy (non-hydrogen) atoms. The number of ether oxygens (including phenoxy) is 1. The molecular formula is C11H19ClO2. The minimum atomic E-state index is -0.000118. The summed E-state index contributed by atoms with van der Waals surface area (Å²) in [6, 6.07) is 0. The van der Waals surface area contributed by atoms with Crippen LogP contribution in [0.5, 0.6) is 0 Å². The van der Waals surface area contributed by atoms with E-state index in [0.717, 1.165) is 38.0 Å². The zero-order chi connectivity index (χ0) is 10.4. The highest BCUT2D eigenvalue weighted by molar-refractivity contribution is 6.18. The first-order chi connectivity index (χ1) is 6.77. The molecule has 0 aromatic carbocycles. The van der Waals surface area contributed by atoms with Gasteiger partial charge in [-0.2, -0.15) is 0 Å². The molecule has 0 radical (unpaired) electrons. The number of rotatable bonds is 4. The third-order valence-electron chi connectivity index (χ3n) is 2.85. The topological polar surface area (TPSA) is 26.3 Å². The van der Waals surface area contributed by atoms with Gasteiger partial charge in [0.25, 0.3) is 0 Å². The van der Waals surface area contributed by atoms with Crippen molar-refractivity contribution in [1.82, 2.24) is 0 Å². The van der Waals surface area contributed by atoms with Gasteiger partial charge in [-0.1, -0.05) is 6.92 Å². The second-order valence-corrected chi connectivity index (χ2v) is 4.35. The Bertz CT molecular complexity index is 174. The molecule has 0 unspecified atom stereocenters. The highest BCUT2D eigenvalue weighted by atomic mass is 35.5. The molecule has 82 valence electrons. The van der Waals surface area contributed by atoms with E-state index in [9.17, 15) is 4.79 Å². The second-order valence-electron chi connectivity index (χ2n) is 4.04. The monoisotopic (exact) mass is 218 g/mol. The Morgan fingerprint density at radius 2 is 2.00 bits per heavy atom. The summed E-state index contributed by atoms with van der Waals surface area (Å²) in [5.41, 5.74) is 0. The molecule has 0 atom stereocenters. The van der Waals surface area contributed by atoms with Crippen molar-refractivity contribution in [1.29, 1.82) is 0 Å². The fourth-order valence-corrected chi connectivity index (χ4v) is 2.18. The maximum atomic E-state index is 11.5. The zero-order valence-corrected chi connectivity index (χ0v) is 9.55. The minimum Gasteiger partial charge on any atom is -0.465 e. The number of alkyl halides is 1. The molecule has 0 bridgehead atoms. The van der Waals surface area contributed by atoms with Crippen LogP contribution in [0.3, 0.4) is 0 Å². The SMILES string of the molecule is CCCOC(=O)[C@H]1CC[C@H](CCl)CC1. The van der Waals surface area contributed by atoms with Crippen LogP contribution in [0.1, 0.15) is 39.0 Å². The fraction of sp³-hybridized carbons (Fsp3) is 0.909. The van der Waals surface area contributed by atoms with Crippen LogP contribution < -0.4 is 0 Å². The number of hydrogen-bond acceptors (Lipinski definition) is 2. The number of esters is 1. The summed E-state index contributed by atoms with van der Waals surface area (Å²) in [5, 5.41) is 0. The van der Waals surface area contributed by atoms with Crippen LogP contribution in [0.15, 0.2) is 0 Å². The molecule has 0 aromatic heterocycles. The minimum absolute atomic E-state index is 0.000118. The Morgan fingerprint density at radius 1 is 1.36 bits per heavy atom. The lowest BCUT2D eigenvalue weighted by molar-refractivity contribution is -0.149. The molecular weight excluding hydrogens is 200 g/mol. The summed E-state index contributed by atoms with van der Waals surface area (Å²) in [7, 11) is 0. The summed E-state index contributed by atoms with van der Waals surface area (Å²) in [5.74, 6) is 1.49. The molecule has 0 spiro atoms. The highest BCUT2D eigenvalue weighted by Crippen LogP contribution is 2.30. The van der Waals surface area contributed by atoms with Crippen molar-refractivity contribution in [3.63, 3.8) is 0 Å². The van der Waals surface area contributed by atoms with Crippen LogP contribution >= 0.6 is 11.6 Å². The molecule has 0 aromatic rings. The molecule has 0 aliphatic heterocycles. The highest BCUT2D eigenvalue weighted by Gasteiger charge is 2.26. The summed E-state index contributed by atoms with van der Waals surface area (Å²) in [6.45, 7) is 2.58. The van der Waals surface area contributed by atoms with E-state index in [1.807, 2.05) is 6.92 Å². The second kappa shape index (κ2) is 6.28. The van der Waals surface area contributed by atoms with Crippen LogP contribution in [0.4, 0.5) is 0 Å². The summed E-state index contributed by atoms with van der Waals surface area (Å²) >= 11 is 5.78. The van der Waals surface area contributed by atoms with Crippen molar-refractivity contribution in [3.05, 3.63) is 0 Å². The van der Waals surface area contributed by atoms with Crippen LogP contribution in [-0.4, -0.2) is 18.5 Å². The number of carbonyl (C=O) groups excluding carboxylic acids is 1. The van der Waals surface area contributed by atoms with Gasteiger partial charge in [0.05, 0.1) is 12.5 Å². The van der Waals surface area contributed by atoms with Gasteiger partial charge in [-0.05, 0) is 38.0 Å². The lowest BCUT2D eigenvalue weighted by atomic mass is 9.83. The van der Waals surface area contributed by atoms with Gasteiger partial charge in [0.1, 0.15) is 0 Å². The van der Waals surface area contributed by atoms with Gasteiger partial charge in [-0.3, -0.25) is 4.79 Å². The van der Waals surface area contributed by atoms with Gasteiger partial charge in [-0.15, -0.1) is 11.6 Å². The number of halogens is 1. The number of carbonyl (C=O) groups is 1. The molecule has 1 saturated carbocycles. The third-order valence-corrected chi connectivity index (χ3v) is 3.28. The quantitative estimate of drug-likeness (QED) is 0.536. The largest absolute Gasteiger partial charge is 0.465 e. The molecule has 0 amide bonds. The van der Waals surface area contributed by atoms with Gasteiger partial charge >= 0.3 is 5.97 Å². The predicted molar refractivity (Wildman–Crippen MR) is 57.4 cm³/mol. The van der Waals surface area contributed by atoms with Crippen molar-refractivity contribution < 1.29 is 9.53 Å². The molecule has 0 saturated heterocycles. The van der Waals surface area contributed by atoms with Gasteiger partial charge in [0.15, 0.2) is 0 Å². The van der Waals surface area contributed by atoms with Crippen LogP contribution in [-0.2, 0) is 9.53 Å². The average Bonchev–Trinajstić information content (AvgIpc) is 2.26. The standard InChI is InChI=1S/C11H19ClO2/c1-2-7-14-11(13)10-5-3-9(8-12)4-6-10/h9-10H,2-8H2,1H3/t9-,10-. The maximum absolute atomic E-state index is 11.5. The molecule has 0 heterocycles. The maximum Gasteiger partial charge on any atom is 0.308 e. The predicted octanol–water partition coefficient (Wildman–Crippen LogP) is 2.98. The van der Waals surface area contributed by atoms with Gasteiger partial charge < -0.3 is 4.74 Å². The van der Waals surface area contributed by atoms with E-state index in [4.69, 9.17) is 16.3 Å².